The van der Waals surface area contributed by atoms with Gasteiger partial charge in [0.25, 0.3) is 11.8 Å². The van der Waals surface area contributed by atoms with Crippen LogP contribution in [0.4, 0.5) is 0 Å². The van der Waals surface area contributed by atoms with Crippen molar-refractivity contribution in [2.45, 2.75) is 31.3 Å². The van der Waals surface area contributed by atoms with Gasteiger partial charge < -0.3 is 19.3 Å². The summed E-state index contributed by atoms with van der Waals surface area (Å²) in [7, 11) is 1.78. The van der Waals surface area contributed by atoms with Gasteiger partial charge in [-0.15, -0.1) is 11.3 Å². The van der Waals surface area contributed by atoms with Crippen molar-refractivity contribution >= 4 is 23.2 Å². The Morgan fingerprint density at radius 1 is 1.20 bits per heavy atom. The summed E-state index contributed by atoms with van der Waals surface area (Å²) in [5.41, 5.74) is 1.83. The highest BCUT2D eigenvalue weighted by molar-refractivity contribution is 7.11. The molecule has 1 fully saturated rings. The highest BCUT2D eigenvalue weighted by Gasteiger charge is 2.46. The summed E-state index contributed by atoms with van der Waals surface area (Å²) in [6.07, 6.45) is 4.81. The second-order valence-corrected chi connectivity index (χ2v) is 8.71. The van der Waals surface area contributed by atoms with E-state index in [1.807, 2.05) is 18.2 Å². The van der Waals surface area contributed by atoms with Gasteiger partial charge in [-0.25, -0.2) is 0 Å². The number of hydrogen-bond donors (Lipinski definition) is 0. The number of fused-ring (bicyclic) bond motifs is 1. The summed E-state index contributed by atoms with van der Waals surface area (Å²) in [6, 6.07) is 8.08. The van der Waals surface area contributed by atoms with Crippen molar-refractivity contribution in [3.63, 3.8) is 0 Å². The lowest BCUT2D eigenvalue weighted by atomic mass is 9.91. The summed E-state index contributed by atoms with van der Waals surface area (Å²) < 4.78 is 12.1. The molecule has 2 aromatic rings. The van der Waals surface area contributed by atoms with Crippen molar-refractivity contribution in [2.24, 2.45) is 0 Å². The van der Waals surface area contributed by atoms with E-state index in [1.54, 1.807) is 28.6 Å². The second-order valence-electron chi connectivity index (χ2n) is 7.83. The summed E-state index contributed by atoms with van der Waals surface area (Å²) in [4.78, 5) is 34.3. The summed E-state index contributed by atoms with van der Waals surface area (Å²) in [6.45, 7) is 1.97. The van der Waals surface area contributed by atoms with Crippen LogP contribution in [0.1, 0.15) is 34.5 Å². The zero-order chi connectivity index (χ0) is 21.0. The fraction of sp³-hybridized carbons (Fsp3) is 0.500. The van der Waals surface area contributed by atoms with Gasteiger partial charge in [0.05, 0.1) is 31.4 Å². The number of rotatable bonds is 1. The second kappa shape index (κ2) is 9.14. The lowest BCUT2D eigenvalue weighted by Crippen LogP contribution is -2.61. The molecule has 3 heterocycles. The van der Waals surface area contributed by atoms with E-state index in [-0.39, 0.29) is 18.4 Å². The minimum atomic E-state index is -1.01. The maximum absolute atomic E-state index is 13.4. The molecule has 1 aromatic heterocycles. The van der Waals surface area contributed by atoms with Crippen LogP contribution >= 0.6 is 11.3 Å². The third kappa shape index (κ3) is 4.34. The number of nitrogens with zero attached hydrogens (tertiary/aromatic N) is 3. The molecular formula is C22H27N3O4S. The molecular weight excluding hydrogens is 402 g/mol. The van der Waals surface area contributed by atoms with E-state index < -0.39 is 5.60 Å². The number of amides is 2. The van der Waals surface area contributed by atoms with Crippen LogP contribution in [0.2, 0.25) is 0 Å². The molecule has 0 bridgehead atoms. The number of benzene rings is 1. The number of carbonyl (C=O) groups excluding carboxylic acids is 2. The standard InChI is InChI=1S/C22H27N3O4S/c1-24-10-12-28-18-8-3-2-6-17(18)7-4-5-9-22(21(24)27)15-25(11-13-29-22)20(26)19-14-23-16-30-19/h2-3,6,8,14,16H,4-5,7,9-13,15H2,1H3. The molecule has 2 amide bonds. The molecule has 160 valence electrons. The summed E-state index contributed by atoms with van der Waals surface area (Å²) in [5.74, 6) is 0.727. The SMILES string of the molecule is CN1CCOc2ccccc2CCCCC2(CN(C(=O)c3cncs3)CCO2)C1=O. The Balaban J connectivity index is 1.54. The number of likely N-dealkylation sites (N-methyl/N-ethyl adjacent to an activating group) is 1. The van der Waals surface area contributed by atoms with Crippen LogP contribution in [0, 0.1) is 0 Å². The van der Waals surface area contributed by atoms with Crippen molar-refractivity contribution < 1.29 is 19.1 Å². The van der Waals surface area contributed by atoms with Gasteiger partial charge in [0.1, 0.15) is 17.2 Å². The molecule has 0 radical (unpaired) electrons. The number of ether oxygens (including phenoxy) is 2. The zero-order valence-electron chi connectivity index (χ0n) is 17.2. The molecule has 2 aliphatic rings. The smallest absolute Gasteiger partial charge is 0.265 e. The minimum Gasteiger partial charge on any atom is -0.491 e. The van der Waals surface area contributed by atoms with Gasteiger partial charge in [-0.1, -0.05) is 18.2 Å². The Kier molecular flexibility index (Phi) is 6.34. The number of aromatic nitrogens is 1. The first kappa shape index (κ1) is 20.8. The molecule has 7 nitrogen and oxygen atoms in total. The Bertz CT molecular complexity index is 888. The molecule has 1 unspecified atom stereocenters. The lowest BCUT2D eigenvalue weighted by Gasteiger charge is -2.43. The fourth-order valence-electron chi connectivity index (χ4n) is 4.14. The van der Waals surface area contributed by atoms with E-state index in [9.17, 15) is 9.59 Å². The molecule has 1 atom stereocenters. The molecule has 1 aromatic carbocycles. The monoisotopic (exact) mass is 429 g/mol. The van der Waals surface area contributed by atoms with Crippen molar-refractivity contribution in [3.05, 3.63) is 46.4 Å². The predicted molar refractivity (Wildman–Crippen MR) is 114 cm³/mol. The number of morpholine rings is 1. The van der Waals surface area contributed by atoms with Gasteiger partial charge in [-0.3, -0.25) is 14.6 Å². The molecule has 2 aliphatic heterocycles. The first-order valence-electron chi connectivity index (χ1n) is 10.4. The summed E-state index contributed by atoms with van der Waals surface area (Å²) >= 11 is 1.32. The number of aryl methyl sites for hydroxylation is 1. The fourth-order valence-corrected chi connectivity index (χ4v) is 4.73. The molecule has 0 N–H and O–H groups in total. The average Bonchev–Trinajstić information content (AvgIpc) is 3.31. The number of thiazole rings is 1. The first-order valence-corrected chi connectivity index (χ1v) is 11.2. The molecule has 0 aliphatic carbocycles. The third-order valence-corrected chi connectivity index (χ3v) is 6.55. The normalized spacial score (nSPS) is 23.3. The number of carbonyl (C=O) groups is 2. The average molecular weight is 430 g/mol. The van der Waals surface area contributed by atoms with Gasteiger partial charge in [0.2, 0.25) is 0 Å². The lowest BCUT2D eigenvalue weighted by molar-refractivity contribution is -0.169. The molecule has 8 heteroatoms. The Hall–Kier alpha value is -2.45. The third-order valence-electron chi connectivity index (χ3n) is 5.79. The zero-order valence-corrected chi connectivity index (χ0v) is 18.0. The van der Waals surface area contributed by atoms with Crippen LogP contribution in [0.3, 0.4) is 0 Å². The highest BCUT2D eigenvalue weighted by Crippen LogP contribution is 2.30. The molecule has 4 rings (SSSR count). The molecule has 0 saturated carbocycles. The van der Waals surface area contributed by atoms with E-state index in [0.29, 0.717) is 37.6 Å². The van der Waals surface area contributed by atoms with Crippen LogP contribution < -0.4 is 4.74 Å². The maximum Gasteiger partial charge on any atom is 0.265 e. The molecule has 30 heavy (non-hydrogen) atoms. The molecule has 1 spiro atoms. The van der Waals surface area contributed by atoms with Gasteiger partial charge in [0, 0.05) is 13.6 Å². The van der Waals surface area contributed by atoms with Gasteiger partial charge in [-0.2, -0.15) is 0 Å². The Morgan fingerprint density at radius 3 is 2.90 bits per heavy atom. The van der Waals surface area contributed by atoms with Crippen LogP contribution in [-0.4, -0.2) is 72.1 Å². The topological polar surface area (TPSA) is 72.0 Å². The van der Waals surface area contributed by atoms with Crippen molar-refractivity contribution in [1.29, 1.82) is 0 Å². The Morgan fingerprint density at radius 2 is 2.07 bits per heavy atom. The number of para-hydroxylation sites is 1. The van der Waals surface area contributed by atoms with E-state index >= 15 is 0 Å². The van der Waals surface area contributed by atoms with Crippen LogP contribution in [0.25, 0.3) is 0 Å². The van der Waals surface area contributed by atoms with E-state index in [2.05, 4.69) is 11.1 Å². The maximum atomic E-state index is 13.4. The van der Waals surface area contributed by atoms with E-state index in [4.69, 9.17) is 9.47 Å². The summed E-state index contributed by atoms with van der Waals surface area (Å²) in [5, 5.41) is 0. The first-order chi connectivity index (χ1) is 14.6. The minimum absolute atomic E-state index is 0.0817. The van der Waals surface area contributed by atoms with E-state index in [1.165, 1.54) is 16.9 Å². The van der Waals surface area contributed by atoms with Crippen molar-refractivity contribution in [2.75, 3.05) is 39.9 Å². The van der Waals surface area contributed by atoms with Crippen LogP contribution in [0.15, 0.2) is 36.0 Å². The highest BCUT2D eigenvalue weighted by atomic mass is 32.1. The van der Waals surface area contributed by atoms with Crippen LogP contribution in [0.5, 0.6) is 5.75 Å². The molecule has 1 saturated heterocycles. The van der Waals surface area contributed by atoms with E-state index in [0.717, 1.165) is 25.0 Å². The largest absolute Gasteiger partial charge is 0.491 e. The Labute approximate surface area is 180 Å². The van der Waals surface area contributed by atoms with Gasteiger partial charge in [0.15, 0.2) is 5.60 Å². The van der Waals surface area contributed by atoms with Gasteiger partial charge in [-0.05, 0) is 37.3 Å². The quantitative estimate of drug-likeness (QED) is 0.697. The van der Waals surface area contributed by atoms with Crippen molar-refractivity contribution in [3.8, 4) is 5.75 Å². The number of hydrogen-bond acceptors (Lipinski definition) is 6. The predicted octanol–water partition coefficient (Wildman–Crippen LogP) is 2.62. The van der Waals surface area contributed by atoms with Gasteiger partial charge >= 0.3 is 0 Å². The van der Waals surface area contributed by atoms with Crippen LogP contribution in [-0.2, 0) is 16.0 Å². The van der Waals surface area contributed by atoms with Crippen molar-refractivity contribution in [1.82, 2.24) is 14.8 Å².